The van der Waals surface area contributed by atoms with E-state index in [1.807, 2.05) is 36.4 Å². The zero-order valence-electron chi connectivity index (χ0n) is 19.1. The zero-order chi connectivity index (χ0) is 23.7. The number of carbonyl (C=O) groups excluding carboxylic acids is 2. The molecule has 2 aliphatic carbocycles. The smallest absolute Gasteiger partial charge is 0.407 e. The van der Waals surface area contributed by atoms with Crippen LogP contribution >= 0.6 is 0 Å². The van der Waals surface area contributed by atoms with E-state index in [4.69, 9.17) is 9.84 Å². The van der Waals surface area contributed by atoms with Crippen LogP contribution in [0, 0.1) is 11.8 Å². The molecule has 1 saturated heterocycles. The van der Waals surface area contributed by atoms with Crippen LogP contribution < -0.4 is 5.32 Å². The Kier molecular flexibility index (Phi) is 6.26. The molecule has 0 aromatic heterocycles. The number of nitrogens with one attached hydrogen (secondary N) is 1. The molecule has 1 heterocycles. The first-order valence-corrected chi connectivity index (χ1v) is 12.1. The number of carboxylic acids is 1. The first-order valence-electron chi connectivity index (χ1n) is 12.1. The number of likely N-dealkylation sites (tertiary alicyclic amines) is 1. The van der Waals surface area contributed by atoms with Gasteiger partial charge in [-0.3, -0.25) is 9.59 Å². The van der Waals surface area contributed by atoms with Crippen molar-refractivity contribution in [2.45, 2.75) is 44.1 Å². The van der Waals surface area contributed by atoms with Crippen LogP contribution in [0.25, 0.3) is 11.1 Å². The molecule has 2 fully saturated rings. The van der Waals surface area contributed by atoms with E-state index in [2.05, 4.69) is 17.4 Å². The van der Waals surface area contributed by atoms with Gasteiger partial charge in [-0.05, 0) is 59.8 Å². The highest BCUT2D eigenvalue weighted by molar-refractivity contribution is 5.86. The van der Waals surface area contributed by atoms with Gasteiger partial charge in [-0.2, -0.15) is 0 Å². The van der Waals surface area contributed by atoms with E-state index in [0.29, 0.717) is 24.9 Å². The lowest BCUT2D eigenvalue weighted by atomic mass is 9.98. The Morgan fingerprint density at radius 1 is 0.971 bits per heavy atom. The van der Waals surface area contributed by atoms with Gasteiger partial charge in [-0.15, -0.1) is 0 Å². The van der Waals surface area contributed by atoms with Gasteiger partial charge in [0.2, 0.25) is 5.91 Å². The van der Waals surface area contributed by atoms with Crippen LogP contribution in [0.2, 0.25) is 0 Å². The molecule has 0 radical (unpaired) electrons. The van der Waals surface area contributed by atoms with Gasteiger partial charge < -0.3 is 20.1 Å². The molecule has 178 valence electrons. The summed E-state index contributed by atoms with van der Waals surface area (Å²) >= 11 is 0. The maximum Gasteiger partial charge on any atom is 0.407 e. The molecule has 3 aliphatic rings. The van der Waals surface area contributed by atoms with Crippen molar-refractivity contribution < 1.29 is 24.2 Å². The molecule has 2 amide bonds. The van der Waals surface area contributed by atoms with E-state index < -0.39 is 18.1 Å². The molecule has 0 bridgehead atoms. The summed E-state index contributed by atoms with van der Waals surface area (Å²) in [6.45, 7) is 1.50. The highest BCUT2D eigenvalue weighted by atomic mass is 16.5. The molecular weight excluding hydrogens is 432 g/mol. The van der Waals surface area contributed by atoms with Gasteiger partial charge >= 0.3 is 12.1 Å². The first-order chi connectivity index (χ1) is 16.5. The Hall–Kier alpha value is -3.35. The molecule has 1 saturated carbocycles. The summed E-state index contributed by atoms with van der Waals surface area (Å²) < 4.78 is 5.59. The maximum atomic E-state index is 13.1. The van der Waals surface area contributed by atoms with Crippen LogP contribution in [0.1, 0.15) is 49.1 Å². The Bertz CT molecular complexity index is 1050. The van der Waals surface area contributed by atoms with Crippen LogP contribution in [-0.4, -0.2) is 53.7 Å². The highest BCUT2D eigenvalue weighted by Gasteiger charge is 2.39. The van der Waals surface area contributed by atoms with E-state index >= 15 is 0 Å². The average Bonchev–Trinajstić information content (AvgIpc) is 3.48. The minimum absolute atomic E-state index is 0.0446. The lowest BCUT2D eigenvalue weighted by molar-refractivity contribution is -0.137. The second kappa shape index (κ2) is 9.49. The average molecular weight is 463 g/mol. The summed E-state index contributed by atoms with van der Waals surface area (Å²) in [6, 6.07) is 15.3. The standard InChI is InChI=1S/C27H30N2O5/c30-25(31)12-11-24(26(32)29-14-13-18(15-29)17-9-10-17)28-27(33)34-16-23-21-7-3-1-5-19(21)20-6-2-4-8-22(20)23/h1-8,17-18,23-24H,9-16H2,(H,28,33)(H,30,31). The number of carboxylic acid groups (broad SMARTS) is 1. The van der Waals surface area contributed by atoms with Crippen LogP contribution in [0.5, 0.6) is 0 Å². The van der Waals surface area contributed by atoms with E-state index in [0.717, 1.165) is 28.7 Å². The number of hydrogen-bond donors (Lipinski definition) is 2. The van der Waals surface area contributed by atoms with Gasteiger partial charge in [0.15, 0.2) is 0 Å². The minimum Gasteiger partial charge on any atom is -0.481 e. The van der Waals surface area contributed by atoms with Crippen molar-refractivity contribution in [3.8, 4) is 11.1 Å². The predicted molar refractivity (Wildman–Crippen MR) is 126 cm³/mol. The van der Waals surface area contributed by atoms with Crippen LogP contribution in [-0.2, 0) is 14.3 Å². The van der Waals surface area contributed by atoms with E-state index in [1.54, 1.807) is 4.90 Å². The van der Waals surface area contributed by atoms with Crippen LogP contribution in [0.4, 0.5) is 4.79 Å². The van der Waals surface area contributed by atoms with Gasteiger partial charge in [-0.1, -0.05) is 48.5 Å². The van der Waals surface area contributed by atoms with Crippen LogP contribution in [0.15, 0.2) is 48.5 Å². The Balaban J connectivity index is 1.23. The summed E-state index contributed by atoms with van der Waals surface area (Å²) in [4.78, 5) is 38.8. The van der Waals surface area contributed by atoms with Crippen molar-refractivity contribution in [3.63, 3.8) is 0 Å². The van der Waals surface area contributed by atoms with E-state index in [-0.39, 0.29) is 31.3 Å². The third kappa shape index (κ3) is 4.65. The van der Waals surface area contributed by atoms with E-state index in [9.17, 15) is 14.4 Å². The Morgan fingerprint density at radius 2 is 1.62 bits per heavy atom. The van der Waals surface area contributed by atoms with E-state index in [1.165, 1.54) is 12.8 Å². The molecule has 2 atom stereocenters. The molecule has 2 N–H and O–H groups in total. The van der Waals surface area contributed by atoms with Crippen molar-refractivity contribution in [2.24, 2.45) is 11.8 Å². The molecule has 7 nitrogen and oxygen atoms in total. The number of nitrogens with zero attached hydrogens (tertiary/aromatic N) is 1. The van der Waals surface area contributed by atoms with Crippen molar-refractivity contribution in [2.75, 3.05) is 19.7 Å². The summed E-state index contributed by atoms with van der Waals surface area (Å²) in [5, 5.41) is 11.8. The molecular formula is C27H30N2O5. The number of rotatable bonds is 8. The number of carbonyl (C=O) groups is 3. The van der Waals surface area contributed by atoms with Crippen molar-refractivity contribution in [1.29, 1.82) is 0 Å². The summed E-state index contributed by atoms with van der Waals surface area (Å²) in [5.41, 5.74) is 4.50. The van der Waals surface area contributed by atoms with Gasteiger partial charge in [0.05, 0.1) is 0 Å². The first kappa shape index (κ1) is 22.4. The second-order valence-corrected chi connectivity index (χ2v) is 9.63. The molecule has 5 rings (SSSR count). The van der Waals surface area contributed by atoms with Crippen molar-refractivity contribution in [3.05, 3.63) is 59.7 Å². The minimum atomic E-state index is -0.996. The quantitative estimate of drug-likeness (QED) is 0.618. The number of amides is 2. The summed E-state index contributed by atoms with van der Waals surface area (Å²) in [6.07, 6.45) is 2.60. The molecule has 34 heavy (non-hydrogen) atoms. The number of ether oxygens (including phenoxy) is 1. The van der Waals surface area contributed by atoms with Gasteiger partial charge in [0, 0.05) is 25.4 Å². The fraction of sp³-hybridized carbons (Fsp3) is 0.444. The number of fused-ring (bicyclic) bond motifs is 3. The van der Waals surface area contributed by atoms with Gasteiger partial charge in [0.25, 0.3) is 0 Å². The molecule has 1 aliphatic heterocycles. The Labute approximate surface area is 199 Å². The number of benzene rings is 2. The molecule has 0 spiro atoms. The third-order valence-electron chi connectivity index (χ3n) is 7.41. The largest absolute Gasteiger partial charge is 0.481 e. The number of hydrogen-bond acceptors (Lipinski definition) is 4. The summed E-state index contributed by atoms with van der Waals surface area (Å²) in [7, 11) is 0. The zero-order valence-corrected chi connectivity index (χ0v) is 19.1. The number of alkyl carbamates (subject to hydrolysis) is 1. The maximum absolute atomic E-state index is 13.1. The molecule has 7 heteroatoms. The highest BCUT2D eigenvalue weighted by Crippen LogP contribution is 2.44. The molecule has 2 aromatic rings. The van der Waals surface area contributed by atoms with Crippen LogP contribution in [0.3, 0.4) is 0 Å². The third-order valence-corrected chi connectivity index (χ3v) is 7.41. The fourth-order valence-electron chi connectivity index (χ4n) is 5.47. The number of aliphatic carboxylic acids is 1. The normalized spacial score (nSPS) is 19.9. The van der Waals surface area contributed by atoms with Gasteiger partial charge in [0.1, 0.15) is 12.6 Å². The second-order valence-electron chi connectivity index (χ2n) is 9.63. The van der Waals surface area contributed by atoms with Crippen molar-refractivity contribution in [1.82, 2.24) is 10.2 Å². The fourth-order valence-corrected chi connectivity index (χ4v) is 5.47. The Morgan fingerprint density at radius 3 is 2.24 bits per heavy atom. The lowest BCUT2D eigenvalue weighted by Gasteiger charge is -2.24. The van der Waals surface area contributed by atoms with Gasteiger partial charge in [-0.25, -0.2) is 4.79 Å². The van der Waals surface area contributed by atoms with Crippen molar-refractivity contribution >= 4 is 18.0 Å². The lowest BCUT2D eigenvalue weighted by Crippen LogP contribution is -2.48. The molecule has 2 aromatic carbocycles. The topological polar surface area (TPSA) is 95.9 Å². The monoisotopic (exact) mass is 462 g/mol. The molecule has 2 unspecified atom stereocenters. The summed E-state index contributed by atoms with van der Waals surface area (Å²) in [5.74, 6) is -0.0459. The predicted octanol–water partition coefficient (Wildman–Crippen LogP) is 4.02. The SMILES string of the molecule is O=C(O)CCC(NC(=O)OCC1c2ccccc2-c2ccccc21)C(=O)N1CCC(C2CC2)C1.